The van der Waals surface area contributed by atoms with Crippen molar-refractivity contribution in [2.45, 2.75) is 11.8 Å². The van der Waals surface area contributed by atoms with Crippen molar-refractivity contribution in [1.82, 2.24) is 19.6 Å². The van der Waals surface area contributed by atoms with E-state index >= 15 is 0 Å². The molecule has 0 radical (unpaired) electrons. The average molecular weight is 409 g/mol. The molecule has 0 saturated carbocycles. The number of H-pyrrole nitrogens is 1. The Balaban J connectivity index is 2.33. The molecular weight excluding hydrogens is 392 g/mol. The maximum atomic E-state index is 12.8. The highest BCUT2D eigenvalue weighted by Crippen LogP contribution is 2.37. The molecule has 3 aromatic rings. The number of hydrogen-bond acceptors (Lipinski definition) is 5. The molecule has 3 rings (SSSR count). The third kappa shape index (κ3) is 3.24. The first kappa shape index (κ1) is 19.1. The number of sulfone groups is 1. The summed E-state index contributed by atoms with van der Waals surface area (Å²) >= 11 is 6.49. The van der Waals surface area contributed by atoms with Crippen molar-refractivity contribution in [3.8, 4) is 11.3 Å². The highest BCUT2D eigenvalue weighted by atomic mass is 35.5. The van der Waals surface area contributed by atoms with Gasteiger partial charge in [0.05, 0.1) is 21.3 Å². The zero-order valence-electron chi connectivity index (χ0n) is 15.1. The largest absolute Gasteiger partial charge is 0.302 e. The van der Waals surface area contributed by atoms with Gasteiger partial charge in [-0.15, -0.1) is 0 Å². The van der Waals surface area contributed by atoms with E-state index in [1.165, 1.54) is 30.1 Å². The quantitative estimate of drug-likeness (QED) is 0.661. The number of aryl methyl sites for hydroxylation is 3. The van der Waals surface area contributed by atoms with Gasteiger partial charge in [-0.3, -0.25) is 19.0 Å². The number of benzene rings is 1. The molecule has 0 unspecified atom stereocenters. The van der Waals surface area contributed by atoms with Crippen LogP contribution in [0.25, 0.3) is 11.3 Å². The molecule has 0 aliphatic heterocycles. The Morgan fingerprint density at radius 1 is 1.22 bits per heavy atom. The minimum Gasteiger partial charge on any atom is -0.302 e. The van der Waals surface area contributed by atoms with Crippen LogP contribution in [0.1, 0.15) is 21.6 Å². The van der Waals surface area contributed by atoms with E-state index in [1.54, 1.807) is 20.0 Å². The molecule has 8 nitrogen and oxygen atoms in total. The Kier molecular flexibility index (Phi) is 4.61. The van der Waals surface area contributed by atoms with Gasteiger partial charge in [-0.1, -0.05) is 11.6 Å². The first-order valence-electron chi connectivity index (χ1n) is 7.85. The number of hydrogen-bond donors (Lipinski definition) is 1. The fourth-order valence-electron chi connectivity index (χ4n) is 2.90. The Hall–Kier alpha value is -2.65. The molecule has 2 aromatic heterocycles. The van der Waals surface area contributed by atoms with E-state index in [9.17, 15) is 18.0 Å². The van der Waals surface area contributed by atoms with Gasteiger partial charge < -0.3 is 5.10 Å². The predicted octanol–water partition coefficient (Wildman–Crippen LogP) is 1.71. The molecule has 10 heteroatoms. The summed E-state index contributed by atoms with van der Waals surface area (Å²) in [5, 5.41) is 6.81. The number of rotatable bonds is 4. The number of ketones is 1. The zero-order valence-corrected chi connectivity index (χ0v) is 16.6. The summed E-state index contributed by atoms with van der Waals surface area (Å²) in [6, 6.07) is 4.32. The standard InChI is InChI=1S/C17H17ClN4O4S/c1-9-7-12(21(2)20-9)14-13(27(4,25)26)6-5-10(15(14)18)16(23)11-8-19-22(3)17(11)24/h5-8,19H,1-4H3. The molecule has 0 spiro atoms. The molecule has 0 fully saturated rings. The monoisotopic (exact) mass is 408 g/mol. The van der Waals surface area contributed by atoms with Crippen LogP contribution < -0.4 is 5.56 Å². The van der Waals surface area contributed by atoms with E-state index in [-0.39, 0.29) is 26.6 Å². The second kappa shape index (κ2) is 6.50. The van der Waals surface area contributed by atoms with Gasteiger partial charge in [0.2, 0.25) is 5.78 Å². The van der Waals surface area contributed by atoms with Crippen LogP contribution in [-0.2, 0) is 23.9 Å². The molecule has 142 valence electrons. The van der Waals surface area contributed by atoms with Gasteiger partial charge in [0, 0.05) is 37.7 Å². The molecule has 1 aromatic carbocycles. The van der Waals surface area contributed by atoms with E-state index in [1.807, 2.05) is 0 Å². The molecule has 0 bridgehead atoms. The Morgan fingerprint density at radius 2 is 1.89 bits per heavy atom. The lowest BCUT2D eigenvalue weighted by Gasteiger charge is -2.13. The van der Waals surface area contributed by atoms with Crippen LogP contribution >= 0.6 is 11.6 Å². The van der Waals surface area contributed by atoms with E-state index in [0.717, 1.165) is 10.9 Å². The van der Waals surface area contributed by atoms with Crippen LogP contribution in [0.2, 0.25) is 5.02 Å². The summed E-state index contributed by atoms with van der Waals surface area (Å²) in [5.41, 5.74) is 0.753. The SMILES string of the molecule is Cc1cc(-c2c(S(C)(=O)=O)ccc(C(=O)c3c[nH]n(C)c3=O)c2Cl)n(C)n1. The third-order valence-corrected chi connectivity index (χ3v) is 5.72. The maximum absolute atomic E-state index is 12.8. The highest BCUT2D eigenvalue weighted by Gasteiger charge is 2.26. The lowest BCUT2D eigenvalue weighted by atomic mass is 10.0. The molecule has 0 atom stereocenters. The van der Waals surface area contributed by atoms with Crippen LogP contribution in [0.15, 0.2) is 34.1 Å². The number of nitrogens with zero attached hydrogens (tertiary/aromatic N) is 3. The Bertz CT molecular complexity index is 1230. The highest BCUT2D eigenvalue weighted by molar-refractivity contribution is 7.90. The Morgan fingerprint density at radius 3 is 2.37 bits per heavy atom. The molecule has 0 saturated heterocycles. The van der Waals surface area contributed by atoms with Crippen LogP contribution in [0.3, 0.4) is 0 Å². The van der Waals surface area contributed by atoms with E-state index in [2.05, 4.69) is 10.2 Å². The molecular formula is C17H17ClN4O4S. The van der Waals surface area contributed by atoms with Crippen molar-refractivity contribution in [1.29, 1.82) is 0 Å². The number of carbonyl (C=O) groups excluding carboxylic acids is 1. The number of aromatic nitrogens is 4. The van der Waals surface area contributed by atoms with Crippen molar-refractivity contribution in [3.05, 3.63) is 56.6 Å². The van der Waals surface area contributed by atoms with Gasteiger partial charge in [-0.05, 0) is 25.1 Å². The van der Waals surface area contributed by atoms with Crippen molar-refractivity contribution < 1.29 is 13.2 Å². The van der Waals surface area contributed by atoms with E-state index in [0.29, 0.717) is 11.4 Å². The summed E-state index contributed by atoms with van der Waals surface area (Å²) in [5.74, 6) is -0.595. The molecule has 27 heavy (non-hydrogen) atoms. The van der Waals surface area contributed by atoms with Crippen molar-refractivity contribution in [2.24, 2.45) is 14.1 Å². The van der Waals surface area contributed by atoms with E-state index in [4.69, 9.17) is 11.6 Å². The number of aromatic amines is 1. The lowest BCUT2D eigenvalue weighted by molar-refractivity contribution is 0.103. The van der Waals surface area contributed by atoms with Gasteiger partial charge in [0.1, 0.15) is 5.56 Å². The fraction of sp³-hybridized carbons (Fsp3) is 0.235. The second-order valence-corrected chi connectivity index (χ2v) is 8.61. The first-order valence-corrected chi connectivity index (χ1v) is 10.1. The first-order chi connectivity index (χ1) is 12.5. The topological polar surface area (TPSA) is 107 Å². The summed E-state index contributed by atoms with van der Waals surface area (Å²) in [6.45, 7) is 1.76. The van der Waals surface area contributed by atoms with Crippen molar-refractivity contribution >= 4 is 27.2 Å². The fourth-order valence-corrected chi connectivity index (χ4v) is 4.19. The van der Waals surface area contributed by atoms with Gasteiger partial charge in [-0.25, -0.2) is 8.42 Å². The normalized spacial score (nSPS) is 11.7. The van der Waals surface area contributed by atoms with Crippen molar-refractivity contribution in [3.63, 3.8) is 0 Å². The van der Waals surface area contributed by atoms with Crippen LogP contribution in [0.5, 0.6) is 0 Å². The van der Waals surface area contributed by atoms with Gasteiger partial charge >= 0.3 is 0 Å². The van der Waals surface area contributed by atoms with Crippen LogP contribution in [0.4, 0.5) is 0 Å². The minimum atomic E-state index is -3.63. The predicted molar refractivity (Wildman–Crippen MR) is 101 cm³/mol. The summed E-state index contributed by atoms with van der Waals surface area (Å²) in [7, 11) is -0.494. The number of carbonyl (C=O) groups is 1. The summed E-state index contributed by atoms with van der Waals surface area (Å²) in [6.07, 6.45) is 2.36. The van der Waals surface area contributed by atoms with Crippen molar-refractivity contribution in [2.75, 3.05) is 6.26 Å². The summed E-state index contributed by atoms with van der Waals surface area (Å²) < 4.78 is 27.2. The Labute approximate surface area is 160 Å². The average Bonchev–Trinajstić information content (AvgIpc) is 3.07. The number of nitrogens with one attached hydrogen (secondary N) is 1. The van der Waals surface area contributed by atoms with Gasteiger partial charge in [0.15, 0.2) is 9.84 Å². The molecule has 0 aliphatic rings. The molecule has 1 N–H and O–H groups in total. The lowest BCUT2D eigenvalue weighted by Crippen LogP contribution is -2.19. The van der Waals surface area contributed by atoms with Gasteiger partial charge in [-0.2, -0.15) is 5.10 Å². The smallest absolute Gasteiger partial charge is 0.277 e. The van der Waals surface area contributed by atoms with E-state index < -0.39 is 21.2 Å². The third-order valence-electron chi connectivity index (χ3n) is 4.19. The van der Waals surface area contributed by atoms with Crippen LogP contribution in [-0.4, -0.2) is 40.0 Å². The molecule has 0 aliphatic carbocycles. The van der Waals surface area contributed by atoms with Crippen LogP contribution in [0, 0.1) is 6.92 Å². The van der Waals surface area contributed by atoms with Gasteiger partial charge in [0.25, 0.3) is 5.56 Å². The minimum absolute atomic E-state index is 0.0194. The number of halogens is 1. The second-order valence-electron chi connectivity index (χ2n) is 6.25. The molecule has 2 heterocycles. The maximum Gasteiger partial charge on any atom is 0.277 e. The molecule has 0 amide bonds. The summed E-state index contributed by atoms with van der Waals surface area (Å²) in [4.78, 5) is 24.9. The zero-order chi connectivity index (χ0) is 20.1.